The zero-order valence-electron chi connectivity index (χ0n) is 11.0. The van der Waals surface area contributed by atoms with Crippen molar-refractivity contribution in [1.82, 2.24) is 0 Å². The summed E-state index contributed by atoms with van der Waals surface area (Å²) in [6.45, 7) is 3.23. The molecule has 1 aliphatic rings. The van der Waals surface area contributed by atoms with Crippen molar-refractivity contribution in [2.45, 2.75) is 31.0 Å². The smallest absolute Gasteiger partial charge is 0.381 e. The predicted octanol–water partition coefficient (Wildman–Crippen LogP) is 4.90. The number of hydrogen-bond donors (Lipinski definition) is 2. The summed E-state index contributed by atoms with van der Waals surface area (Å²) in [5.41, 5.74) is -1.11. The molecule has 2 nitrogen and oxygen atoms in total. The van der Waals surface area contributed by atoms with E-state index < -0.39 is 24.7 Å². The quantitative estimate of drug-likeness (QED) is 0.704. The number of rotatable bonds is 0. The lowest BCUT2D eigenvalue weighted by Crippen LogP contribution is -2.50. The van der Waals surface area contributed by atoms with Crippen LogP contribution in [0, 0.1) is 0 Å². The lowest BCUT2D eigenvalue weighted by molar-refractivity contribution is -0.256. The Labute approximate surface area is 130 Å². The molecule has 0 saturated carbocycles. The van der Waals surface area contributed by atoms with Gasteiger partial charge in [0.15, 0.2) is 5.60 Å². The van der Waals surface area contributed by atoms with Crippen LogP contribution in [0.1, 0.15) is 24.8 Å². The van der Waals surface area contributed by atoms with Crippen LogP contribution in [-0.2, 0) is 0 Å². The summed E-state index contributed by atoms with van der Waals surface area (Å²) in [5, 5.41) is 13.1. The van der Waals surface area contributed by atoms with Crippen molar-refractivity contribution in [3.63, 3.8) is 0 Å². The van der Waals surface area contributed by atoms with E-state index in [0.717, 1.165) is 0 Å². The van der Waals surface area contributed by atoms with Gasteiger partial charge in [-0.2, -0.15) is 13.2 Å². The number of aliphatic hydroxyl groups is 1. The second kappa shape index (κ2) is 5.71. The molecule has 0 aliphatic carbocycles. The largest absolute Gasteiger partial charge is 0.418 e. The molecule has 0 bridgehead atoms. The molecule has 0 spiro atoms. The van der Waals surface area contributed by atoms with E-state index in [9.17, 15) is 18.3 Å². The topological polar surface area (TPSA) is 32.3 Å². The van der Waals surface area contributed by atoms with Gasteiger partial charge in [0.25, 0.3) is 0 Å². The molecule has 1 heterocycles. The van der Waals surface area contributed by atoms with Gasteiger partial charge in [0, 0.05) is 11.3 Å². The van der Waals surface area contributed by atoms with Gasteiger partial charge in [-0.25, -0.2) is 0 Å². The van der Waals surface area contributed by atoms with Crippen LogP contribution >= 0.6 is 23.2 Å². The molecule has 116 valence electrons. The molecular weight excluding hydrogens is 326 g/mol. The Bertz CT molecular complexity index is 574. The van der Waals surface area contributed by atoms with Gasteiger partial charge in [-0.15, -0.1) is 0 Å². The van der Waals surface area contributed by atoms with Crippen LogP contribution in [0.2, 0.25) is 10.0 Å². The number of β-amino-alcohol motifs (C(OH)–C–C–N with tert-alkyl or cyclic N) is 1. The molecule has 7 heteroatoms. The van der Waals surface area contributed by atoms with E-state index in [1.807, 2.05) is 0 Å². The molecule has 0 fully saturated rings. The van der Waals surface area contributed by atoms with E-state index in [-0.39, 0.29) is 11.4 Å². The molecule has 1 aromatic carbocycles. The summed E-state index contributed by atoms with van der Waals surface area (Å²) in [4.78, 5) is 0. The van der Waals surface area contributed by atoms with Gasteiger partial charge in [-0.3, -0.25) is 0 Å². The Balaban J connectivity index is 2.42. The molecule has 2 rings (SSSR count). The predicted molar refractivity (Wildman–Crippen MR) is 78.8 cm³/mol. The van der Waals surface area contributed by atoms with Crippen molar-refractivity contribution in [3.05, 3.63) is 34.3 Å². The lowest BCUT2D eigenvalue weighted by atomic mass is 9.94. The van der Waals surface area contributed by atoms with Gasteiger partial charge in [-0.1, -0.05) is 29.8 Å². The Morgan fingerprint density at radius 2 is 1.86 bits per heavy atom. The second-order valence-corrected chi connectivity index (χ2v) is 5.97. The zero-order valence-corrected chi connectivity index (χ0v) is 12.5. The summed E-state index contributed by atoms with van der Waals surface area (Å²) in [6, 6.07) is 3.03. The van der Waals surface area contributed by atoms with Gasteiger partial charge in [0.1, 0.15) is 0 Å². The van der Waals surface area contributed by atoms with Gasteiger partial charge in [0.2, 0.25) is 0 Å². The fourth-order valence-electron chi connectivity index (χ4n) is 2.29. The molecule has 0 amide bonds. The lowest BCUT2D eigenvalue weighted by Gasteiger charge is -2.30. The fourth-order valence-corrected chi connectivity index (χ4v) is 2.61. The highest BCUT2D eigenvalue weighted by molar-refractivity contribution is 6.42. The molecule has 1 aromatic rings. The van der Waals surface area contributed by atoms with Crippen molar-refractivity contribution in [2.24, 2.45) is 0 Å². The number of fused-ring (bicyclic) bond motifs is 1. The molecule has 0 unspecified atom stereocenters. The molecule has 21 heavy (non-hydrogen) atoms. The van der Waals surface area contributed by atoms with E-state index in [1.54, 1.807) is 6.07 Å². The van der Waals surface area contributed by atoms with Crippen LogP contribution in [0.3, 0.4) is 0 Å². The number of anilines is 1. The Hall–Kier alpha value is -0.910. The maximum atomic E-state index is 13.0. The van der Waals surface area contributed by atoms with Crippen LogP contribution < -0.4 is 5.32 Å². The maximum Gasteiger partial charge on any atom is 0.418 e. The van der Waals surface area contributed by atoms with E-state index in [4.69, 9.17) is 23.2 Å². The van der Waals surface area contributed by atoms with E-state index in [1.165, 1.54) is 6.07 Å². The number of halogens is 5. The highest BCUT2D eigenvalue weighted by atomic mass is 35.5. The Kier molecular flexibility index (Phi) is 4.47. The third-order valence-corrected chi connectivity index (χ3v) is 4.33. The van der Waals surface area contributed by atoms with Crippen LogP contribution in [0.4, 0.5) is 18.9 Å². The Morgan fingerprint density at radius 3 is 2.48 bits per heavy atom. The first-order valence-electron chi connectivity index (χ1n) is 6.34. The number of benzene rings is 1. The molecule has 0 aromatic heterocycles. The second-order valence-electron chi connectivity index (χ2n) is 5.15. The monoisotopic (exact) mass is 339 g/mol. The molecule has 0 radical (unpaired) electrons. The SMILES string of the molecule is C=C1CCC[C@@](O)(C(F)(F)F)CNc2cc(Cl)c(Cl)cc21. The van der Waals surface area contributed by atoms with Crippen LogP contribution in [0.5, 0.6) is 0 Å². The maximum absolute atomic E-state index is 13.0. The minimum atomic E-state index is -4.71. The van der Waals surface area contributed by atoms with E-state index in [0.29, 0.717) is 28.3 Å². The van der Waals surface area contributed by atoms with E-state index in [2.05, 4.69) is 11.9 Å². The van der Waals surface area contributed by atoms with E-state index >= 15 is 0 Å². The molecule has 0 saturated heterocycles. The first-order valence-corrected chi connectivity index (χ1v) is 7.10. The number of hydrogen-bond acceptors (Lipinski definition) is 2. The minimum absolute atomic E-state index is 0.177. The van der Waals surface area contributed by atoms with Crippen molar-refractivity contribution >= 4 is 34.5 Å². The number of allylic oxidation sites excluding steroid dienone is 1. The van der Waals surface area contributed by atoms with Crippen molar-refractivity contribution in [1.29, 1.82) is 0 Å². The standard InChI is InChI=1S/C14H14Cl2F3NO/c1-8-3-2-4-13(21,14(17,18)19)7-20-12-6-11(16)10(15)5-9(8)12/h5-6,20-21H,1-4,7H2/t13-/m0/s1. The van der Waals surface area contributed by atoms with Crippen LogP contribution in [0.15, 0.2) is 18.7 Å². The highest BCUT2D eigenvalue weighted by Crippen LogP contribution is 2.40. The molecule has 1 atom stereocenters. The summed E-state index contributed by atoms with van der Waals surface area (Å²) < 4.78 is 39.1. The summed E-state index contributed by atoms with van der Waals surface area (Å²) >= 11 is 11.8. The number of alkyl halides is 3. The molecule has 1 aliphatic heterocycles. The van der Waals surface area contributed by atoms with Crippen LogP contribution in [0.25, 0.3) is 5.57 Å². The summed E-state index contributed by atoms with van der Waals surface area (Å²) in [5.74, 6) is 0. The van der Waals surface area contributed by atoms with Gasteiger partial charge < -0.3 is 10.4 Å². The highest BCUT2D eigenvalue weighted by Gasteiger charge is 2.53. The van der Waals surface area contributed by atoms with Crippen LogP contribution in [-0.4, -0.2) is 23.4 Å². The zero-order chi connectivity index (χ0) is 15.8. The summed E-state index contributed by atoms with van der Waals surface area (Å²) in [6.07, 6.45) is -4.58. The third kappa shape index (κ3) is 3.30. The first-order chi connectivity index (χ1) is 9.64. The van der Waals surface area contributed by atoms with Gasteiger partial charge in [-0.05, 0) is 37.0 Å². The molecular formula is C14H14Cl2F3NO. The van der Waals surface area contributed by atoms with Gasteiger partial charge in [0.05, 0.1) is 16.6 Å². The average Bonchev–Trinajstić information content (AvgIpc) is 2.42. The van der Waals surface area contributed by atoms with Gasteiger partial charge >= 0.3 is 6.18 Å². The molecule has 2 N–H and O–H groups in total. The third-order valence-electron chi connectivity index (χ3n) is 3.61. The Morgan fingerprint density at radius 1 is 1.24 bits per heavy atom. The first kappa shape index (κ1) is 16.5. The average molecular weight is 340 g/mol. The normalized spacial score (nSPS) is 23.6. The van der Waals surface area contributed by atoms with Crippen molar-refractivity contribution < 1.29 is 18.3 Å². The fraction of sp³-hybridized carbons (Fsp3) is 0.429. The van der Waals surface area contributed by atoms with Crippen molar-refractivity contribution in [2.75, 3.05) is 11.9 Å². The number of nitrogens with one attached hydrogen (secondary N) is 1. The minimum Gasteiger partial charge on any atom is -0.381 e. The summed E-state index contributed by atoms with van der Waals surface area (Å²) in [7, 11) is 0. The van der Waals surface area contributed by atoms with Crippen molar-refractivity contribution in [3.8, 4) is 0 Å².